The van der Waals surface area contributed by atoms with Gasteiger partial charge in [0.25, 0.3) is 0 Å². The highest BCUT2D eigenvalue weighted by Crippen LogP contribution is 2.42. The van der Waals surface area contributed by atoms with E-state index in [0.717, 1.165) is 62.6 Å². The van der Waals surface area contributed by atoms with E-state index < -0.39 is 35.3 Å². The molecule has 4 aromatic rings. The molecule has 6 aliphatic rings. The molecule has 14 heteroatoms. The number of aromatic nitrogens is 3. The highest BCUT2D eigenvalue weighted by atomic mass is 19.1. The van der Waals surface area contributed by atoms with Crippen LogP contribution in [-0.2, 0) is 11.2 Å². The molecule has 2 unspecified atom stereocenters. The Morgan fingerprint density at radius 3 is 2.65 bits per heavy atom. The number of ether oxygens (including phenoxy) is 3. The second kappa shape index (κ2) is 14.5. The van der Waals surface area contributed by atoms with E-state index in [1.807, 2.05) is 39.0 Å². The molecule has 4 saturated heterocycles. The second-order valence-electron chi connectivity index (χ2n) is 17.6. The second-order valence-corrected chi connectivity index (χ2v) is 17.6. The fourth-order valence-electron chi connectivity index (χ4n) is 10.2. The van der Waals surface area contributed by atoms with Crippen molar-refractivity contribution in [2.24, 2.45) is 0 Å². The summed E-state index contributed by atoms with van der Waals surface area (Å²) < 4.78 is 50.2. The number of amides is 2. The third-order valence-electron chi connectivity index (χ3n) is 13.0. The molecule has 0 aliphatic carbocycles. The highest BCUT2D eigenvalue weighted by molar-refractivity contribution is 6.02. The van der Waals surface area contributed by atoms with Crippen LogP contribution in [0.4, 0.5) is 24.2 Å². The van der Waals surface area contributed by atoms with E-state index in [1.165, 1.54) is 0 Å². The maximum Gasteiger partial charge on any atom is 0.415 e. The van der Waals surface area contributed by atoms with Gasteiger partial charge in [0.05, 0.1) is 23.1 Å². The molecule has 0 radical (unpaired) electrons. The number of alkyl halides is 1. The summed E-state index contributed by atoms with van der Waals surface area (Å²) in [6, 6.07) is 9.25. The summed E-state index contributed by atoms with van der Waals surface area (Å²) >= 11 is 0. The number of piperidine rings is 2. The Morgan fingerprint density at radius 1 is 1.04 bits per heavy atom. The number of pyridine rings is 1. The van der Waals surface area contributed by atoms with Crippen molar-refractivity contribution in [3.05, 3.63) is 47.9 Å². The normalized spacial score (nSPS) is 24.6. The van der Waals surface area contributed by atoms with E-state index in [2.05, 4.69) is 15.1 Å². The lowest BCUT2D eigenvalue weighted by Crippen LogP contribution is -2.57. The minimum Gasteiger partial charge on any atom is -0.461 e. The van der Waals surface area contributed by atoms with Crippen LogP contribution in [0.2, 0.25) is 0 Å². The van der Waals surface area contributed by atoms with Crippen molar-refractivity contribution >= 4 is 39.7 Å². The molecule has 302 valence electrons. The zero-order chi connectivity index (χ0) is 39.5. The van der Waals surface area contributed by atoms with Crippen molar-refractivity contribution in [1.82, 2.24) is 30.1 Å². The summed E-state index contributed by atoms with van der Waals surface area (Å²) in [4.78, 5) is 47.5. The standard InChI is InChI=1S/C43H51F2N7O5/c1-41(2)23-29(44)12-19-52(41)40(54)57-30-21-28-10-4-9-27-11-5-20-55-39(53)49-42(3)13-6-16-50(25-42)37-32-24-46-35(31(22-30)33(27)28)34(45)36(32)47-38(48-37)56-26-43-14-7-17-51(43)18-8-15-43/h4,9-10,21-22,24,29H,5-8,11-20,23,25-26H2,1-3H3,(H,49,53). The number of fused-ring (bicyclic) bond motifs is 7. The molecule has 0 saturated carbocycles. The third-order valence-corrected chi connectivity index (χ3v) is 13.0. The van der Waals surface area contributed by atoms with Crippen LogP contribution in [0.15, 0.2) is 36.5 Å². The lowest BCUT2D eigenvalue weighted by atomic mass is 9.90. The van der Waals surface area contributed by atoms with Gasteiger partial charge in [-0.15, -0.1) is 0 Å². The summed E-state index contributed by atoms with van der Waals surface area (Å²) in [5, 5.41) is 4.98. The first-order valence-electron chi connectivity index (χ1n) is 20.5. The molecule has 2 aromatic carbocycles. The number of likely N-dealkylation sites (tertiary alicyclic amines) is 1. The van der Waals surface area contributed by atoms with E-state index >= 15 is 4.39 Å². The quantitative estimate of drug-likeness (QED) is 0.220. The first-order valence-corrected chi connectivity index (χ1v) is 20.5. The molecule has 12 nitrogen and oxygen atoms in total. The summed E-state index contributed by atoms with van der Waals surface area (Å²) in [5.41, 5.74) is -0.0267. The largest absolute Gasteiger partial charge is 0.461 e. The Balaban J connectivity index is 1.19. The molecular formula is C43H51F2N7O5. The molecule has 0 spiro atoms. The Bertz CT molecular complexity index is 2230. The fraction of sp³-hybridized carbons (Fsp3) is 0.558. The van der Waals surface area contributed by atoms with Gasteiger partial charge in [0, 0.05) is 43.4 Å². The fourth-order valence-corrected chi connectivity index (χ4v) is 10.2. The van der Waals surface area contributed by atoms with Gasteiger partial charge in [-0.25, -0.2) is 18.4 Å². The topological polar surface area (TPSA) is 122 Å². The van der Waals surface area contributed by atoms with E-state index in [9.17, 15) is 14.0 Å². The molecule has 2 aromatic heterocycles. The number of halogens is 2. The van der Waals surface area contributed by atoms with Crippen molar-refractivity contribution in [3.8, 4) is 23.0 Å². The van der Waals surface area contributed by atoms with Crippen LogP contribution in [0.3, 0.4) is 0 Å². The summed E-state index contributed by atoms with van der Waals surface area (Å²) in [7, 11) is 0. The van der Waals surface area contributed by atoms with Crippen molar-refractivity contribution in [3.63, 3.8) is 0 Å². The van der Waals surface area contributed by atoms with Gasteiger partial charge in [-0.2, -0.15) is 9.97 Å². The van der Waals surface area contributed by atoms with Crippen molar-refractivity contribution in [2.45, 2.75) is 108 Å². The van der Waals surface area contributed by atoms with Crippen LogP contribution in [0.5, 0.6) is 11.8 Å². The van der Waals surface area contributed by atoms with Crippen molar-refractivity contribution in [2.75, 3.05) is 50.8 Å². The summed E-state index contributed by atoms with van der Waals surface area (Å²) in [5.74, 6) is 0.0504. The molecule has 1 N–H and O–H groups in total. The smallest absolute Gasteiger partial charge is 0.415 e. The van der Waals surface area contributed by atoms with Crippen molar-refractivity contribution < 1.29 is 32.6 Å². The Morgan fingerprint density at radius 2 is 1.84 bits per heavy atom. The number of rotatable bonds is 4. The monoisotopic (exact) mass is 783 g/mol. The van der Waals surface area contributed by atoms with Crippen LogP contribution in [0.1, 0.15) is 84.1 Å². The number of hydrogen-bond donors (Lipinski definition) is 1. The first kappa shape index (κ1) is 37.7. The Hall–Kier alpha value is -4.85. The maximum absolute atomic E-state index is 17.6. The number of nitrogens with one attached hydrogen (secondary N) is 1. The zero-order valence-electron chi connectivity index (χ0n) is 33.0. The molecule has 2 amide bonds. The molecule has 4 fully saturated rings. The molecule has 10 rings (SSSR count). The number of nitrogens with zero attached hydrogens (tertiary/aromatic N) is 6. The summed E-state index contributed by atoms with van der Waals surface area (Å²) in [6.45, 7) is 9.58. The predicted molar refractivity (Wildman–Crippen MR) is 212 cm³/mol. The molecule has 57 heavy (non-hydrogen) atoms. The van der Waals surface area contributed by atoms with Gasteiger partial charge in [-0.3, -0.25) is 9.88 Å². The molecule has 6 bridgehead atoms. The number of carbonyl (C=O) groups excluding carboxylic acids is 2. The molecular weight excluding hydrogens is 733 g/mol. The Labute approximate surface area is 331 Å². The lowest BCUT2D eigenvalue weighted by Gasteiger charge is -2.42. The van der Waals surface area contributed by atoms with Crippen LogP contribution in [0, 0.1) is 5.82 Å². The predicted octanol–water partition coefficient (Wildman–Crippen LogP) is 7.73. The highest BCUT2D eigenvalue weighted by Gasteiger charge is 2.45. The zero-order valence-corrected chi connectivity index (χ0v) is 33.0. The minimum absolute atomic E-state index is 0.0456. The van der Waals surface area contributed by atoms with E-state index in [1.54, 1.807) is 23.2 Å². The van der Waals surface area contributed by atoms with Crippen LogP contribution in [0.25, 0.3) is 32.9 Å². The van der Waals surface area contributed by atoms with Gasteiger partial charge >= 0.3 is 18.2 Å². The number of carbonyl (C=O) groups is 2. The average molecular weight is 784 g/mol. The van der Waals surface area contributed by atoms with Crippen molar-refractivity contribution in [1.29, 1.82) is 0 Å². The first-order chi connectivity index (χ1) is 27.4. The average Bonchev–Trinajstić information content (AvgIpc) is 3.75. The maximum atomic E-state index is 17.6. The van der Waals surface area contributed by atoms with Crippen LogP contribution in [-0.4, -0.2) is 106 Å². The summed E-state index contributed by atoms with van der Waals surface area (Å²) in [6.07, 6.45) is 6.77. The number of hydrogen-bond acceptors (Lipinski definition) is 10. The van der Waals surface area contributed by atoms with Gasteiger partial charge < -0.3 is 29.3 Å². The lowest BCUT2D eigenvalue weighted by molar-refractivity contribution is 0.0405. The van der Waals surface area contributed by atoms with Gasteiger partial charge in [-0.1, -0.05) is 18.2 Å². The number of benzene rings is 2. The molecule has 2 atom stereocenters. The molecule has 8 heterocycles. The van der Waals surface area contributed by atoms with Gasteiger partial charge in [-0.05, 0) is 120 Å². The number of aryl methyl sites for hydroxylation is 1. The molecule has 6 aliphatic heterocycles. The number of alkyl carbamates (subject to hydrolysis) is 1. The third kappa shape index (κ3) is 7.08. The van der Waals surface area contributed by atoms with E-state index in [4.69, 9.17) is 29.2 Å². The van der Waals surface area contributed by atoms with Gasteiger partial charge in [0.2, 0.25) is 0 Å². The van der Waals surface area contributed by atoms with E-state index in [0.29, 0.717) is 54.7 Å². The van der Waals surface area contributed by atoms with Gasteiger partial charge in [0.15, 0.2) is 5.82 Å². The SMILES string of the molecule is CC12CCCN(C1)c1nc(OCC34CCCN3CCC4)nc3c(F)c(ncc13)-c1cc(OC(=O)N3CCC(F)CC3(C)C)cc3cccc(c13)CCCOC(=O)N2. The van der Waals surface area contributed by atoms with Crippen LogP contribution < -0.4 is 19.7 Å². The minimum atomic E-state index is -0.996. The Kier molecular flexibility index (Phi) is 9.60. The van der Waals surface area contributed by atoms with Gasteiger partial charge in [0.1, 0.15) is 35.6 Å². The number of anilines is 1. The van der Waals surface area contributed by atoms with Crippen LogP contribution >= 0.6 is 0 Å². The van der Waals surface area contributed by atoms with E-state index in [-0.39, 0.29) is 54.5 Å².